The van der Waals surface area contributed by atoms with E-state index in [4.69, 9.17) is 0 Å². The number of allylic oxidation sites excluding steroid dienone is 1. The molecule has 1 amide bonds. The van der Waals surface area contributed by atoms with Gasteiger partial charge in [-0.2, -0.15) is 0 Å². The van der Waals surface area contributed by atoms with Gasteiger partial charge in [-0.05, 0) is 24.5 Å². The van der Waals surface area contributed by atoms with Gasteiger partial charge in [0.05, 0.1) is 5.52 Å². The second-order valence-electron chi connectivity index (χ2n) is 4.91. The van der Waals surface area contributed by atoms with Crippen molar-refractivity contribution in [1.82, 2.24) is 9.71 Å². The van der Waals surface area contributed by atoms with E-state index in [1.807, 2.05) is 0 Å². The predicted octanol–water partition coefficient (Wildman–Crippen LogP) is 1.79. The van der Waals surface area contributed by atoms with E-state index in [0.717, 1.165) is 5.39 Å². The molecule has 0 aliphatic heterocycles. The van der Waals surface area contributed by atoms with Crippen molar-refractivity contribution in [2.24, 2.45) is 11.8 Å². The van der Waals surface area contributed by atoms with Gasteiger partial charge in [0.2, 0.25) is 5.91 Å². The zero-order chi connectivity index (χ0) is 14.3. The van der Waals surface area contributed by atoms with Crippen LogP contribution in [0.15, 0.2) is 48.0 Å². The molecule has 0 bridgehead atoms. The van der Waals surface area contributed by atoms with Crippen LogP contribution in [0.1, 0.15) is 6.42 Å². The third kappa shape index (κ3) is 2.12. The van der Waals surface area contributed by atoms with Gasteiger partial charge in [0, 0.05) is 17.5 Å². The summed E-state index contributed by atoms with van der Waals surface area (Å²) < 4.78 is 26.8. The highest BCUT2D eigenvalue weighted by atomic mass is 32.2. The minimum Gasteiger partial charge on any atom is -0.360 e. The number of rotatable bonds is 4. The largest absolute Gasteiger partial charge is 0.360 e. The summed E-state index contributed by atoms with van der Waals surface area (Å²) >= 11 is 0. The van der Waals surface area contributed by atoms with Crippen LogP contribution in [0.25, 0.3) is 10.9 Å². The molecule has 0 unspecified atom stereocenters. The van der Waals surface area contributed by atoms with E-state index < -0.39 is 15.9 Å². The number of para-hydroxylation sites is 1. The number of benzene rings is 1. The Bertz CT molecular complexity index is 792. The second kappa shape index (κ2) is 4.49. The molecule has 2 atom stereocenters. The average Bonchev–Trinajstić information content (AvgIpc) is 3.06. The molecule has 1 fully saturated rings. The topological polar surface area (TPSA) is 79.0 Å². The van der Waals surface area contributed by atoms with Gasteiger partial charge in [-0.3, -0.25) is 4.79 Å². The maximum atomic E-state index is 12.3. The van der Waals surface area contributed by atoms with Gasteiger partial charge in [-0.1, -0.05) is 18.2 Å². The van der Waals surface area contributed by atoms with Crippen LogP contribution in [-0.4, -0.2) is 19.3 Å². The van der Waals surface area contributed by atoms with Crippen LogP contribution in [-0.2, 0) is 14.8 Å². The molecule has 20 heavy (non-hydrogen) atoms. The maximum absolute atomic E-state index is 12.3. The first-order valence-electron chi connectivity index (χ1n) is 6.28. The van der Waals surface area contributed by atoms with Gasteiger partial charge in [0.15, 0.2) is 0 Å². The van der Waals surface area contributed by atoms with Crippen molar-refractivity contribution in [3.8, 4) is 0 Å². The van der Waals surface area contributed by atoms with E-state index in [9.17, 15) is 13.2 Å². The Morgan fingerprint density at radius 3 is 2.90 bits per heavy atom. The number of hydrogen-bond acceptors (Lipinski definition) is 3. The number of aromatic amines is 1. The van der Waals surface area contributed by atoms with Crippen molar-refractivity contribution in [3.63, 3.8) is 0 Å². The normalized spacial score (nSPS) is 21.6. The highest BCUT2D eigenvalue weighted by molar-refractivity contribution is 7.90. The first kappa shape index (κ1) is 12.9. The minimum atomic E-state index is -3.86. The Balaban J connectivity index is 1.90. The summed E-state index contributed by atoms with van der Waals surface area (Å²) in [6.07, 6.45) is 4.01. The molecule has 104 valence electrons. The SMILES string of the molecule is C=C[C@@H]1C[C@@H]1C(=O)NS(=O)(=O)c1cccc2cc[nH]c12. The molecule has 6 heteroatoms. The molecule has 2 aromatic rings. The summed E-state index contributed by atoms with van der Waals surface area (Å²) in [5.74, 6) is -0.643. The first-order valence-corrected chi connectivity index (χ1v) is 7.76. The molecule has 1 aliphatic carbocycles. The van der Waals surface area contributed by atoms with E-state index >= 15 is 0 Å². The molecular formula is C14H14N2O3S. The summed E-state index contributed by atoms with van der Waals surface area (Å²) in [4.78, 5) is 14.9. The number of aromatic nitrogens is 1. The molecule has 1 saturated carbocycles. The number of carbonyl (C=O) groups is 1. The fraction of sp³-hybridized carbons (Fsp3) is 0.214. The zero-order valence-corrected chi connectivity index (χ0v) is 11.5. The van der Waals surface area contributed by atoms with E-state index in [1.54, 1.807) is 30.5 Å². The molecule has 1 aromatic carbocycles. The van der Waals surface area contributed by atoms with Gasteiger partial charge in [-0.25, -0.2) is 13.1 Å². The summed E-state index contributed by atoms with van der Waals surface area (Å²) in [7, 11) is -3.86. The van der Waals surface area contributed by atoms with E-state index in [2.05, 4.69) is 16.3 Å². The third-order valence-electron chi connectivity index (χ3n) is 3.55. The van der Waals surface area contributed by atoms with Gasteiger partial charge in [-0.15, -0.1) is 6.58 Å². The average molecular weight is 290 g/mol. The molecule has 0 saturated heterocycles. The second-order valence-corrected chi connectivity index (χ2v) is 6.56. The highest BCUT2D eigenvalue weighted by Gasteiger charge is 2.42. The van der Waals surface area contributed by atoms with Crippen LogP contribution in [0.3, 0.4) is 0 Å². The molecule has 3 rings (SSSR count). The lowest BCUT2D eigenvalue weighted by Gasteiger charge is -2.07. The molecule has 1 aromatic heterocycles. The number of sulfonamides is 1. The van der Waals surface area contributed by atoms with Crippen molar-refractivity contribution < 1.29 is 13.2 Å². The van der Waals surface area contributed by atoms with Crippen LogP contribution in [0, 0.1) is 11.8 Å². The maximum Gasteiger partial charge on any atom is 0.266 e. The van der Waals surface area contributed by atoms with Gasteiger partial charge >= 0.3 is 0 Å². The Kier molecular flexibility index (Phi) is 2.90. The first-order chi connectivity index (χ1) is 9.53. The molecule has 0 spiro atoms. The summed E-state index contributed by atoms with van der Waals surface area (Å²) in [6.45, 7) is 3.61. The van der Waals surface area contributed by atoms with Crippen LogP contribution in [0.2, 0.25) is 0 Å². The fourth-order valence-corrected chi connectivity index (χ4v) is 3.55. The smallest absolute Gasteiger partial charge is 0.266 e. The van der Waals surface area contributed by atoms with Gasteiger partial charge in [0.25, 0.3) is 10.0 Å². The number of amides is 1. The predicted molar refractivity (Wildman–Crippen MR) is 75.4 cm³/mol. The lowest BCUT2D eigenvalue weighted by molar-refractivity contribution is -0.120. The Labute approximate surface area is 116 Å². The molecular weight excluding hydrogens is 276 g/mol. The third-order valence-corrected chi connectivity index (χ3v) is 4.94. The van der Waals surface area contributed by atoms with Crippen molar-refractivity contribution in [1.29, 1.82) is 0 Å². The monoisotopic (exact) mass is 290 g/mol. The summed E-state index contributed by atoms with van der Waals surface area (Å²) in [5.41, 5.74) is 0.504. The fourth-order valence-electron chi connectivity index (χ4n) is 2.32. The number of H-pyrrole nitrogens is 1. The summed E-state index contributed by atoms with van der Waals surface area (Å²) in [5, 5.41) is 0.788. The number of fused-ring (bicyclic) bond motifs is 1. The lowest BCUT2D eigenvalue weighted by Crippen LogP contribution is -2.32. The number of nitrogens with one attached hydrogen (secondary N) is 2. The Morgan fingerprint density at radius 1 is 1.40 bits per heavy atom. The molecule has 0 radical (unpaired) electrons. The zero-order valence-electron chi connectivity index (χ0n) is 10.7. The van der Waals surface area contributed by atoms with E-state index in [1.165, 1.54) is 6.07 Å². The summed E-state index contributed by atoms with van der Waals surface area (Å²) in [6, 6.07) is 6.72. The number of carbonyl (C=O) groups excluding carboxylic acids is 1. The van der Waals surface area contributed by atoms with Crippen molar-refractivity contribution >= 4 is 26.8 Å². The van der Waals surface area contributed by atoms with E-state index in [0.29, 0.717) is 11.9 Å². The quantitative estimate of drug-likeness (QED) is 0.843. The highest BCUT2D eigenvalue weighted by Crippen LogP contribution is 2.39. The van der Waals surface area contributed by atoms with Crippen LogP contribution in [0.5, 0.6) is 0 Å². The van der Waals surface area contributed by atoms with Crippen molar-refractivity contribution in [2.45, 2.75) is 11.3 Å². The van der Waals surface area contributed by atoms with Crippen LogP contribution in [0.4, 0.5) is 0 Å². The molecule has 5 nitrogen and oxygen atoms in total. The Hall–Kier alpha value is -2.08. The standard InChI is InChI=1S/C14H14N2O3S/c1-2-9-8-11(9)14(17)16-20(18,19)12-5-3-4-10-6-7-15-13(10)12/h2-7,9,11,15H,1,8H2,(H,16,17)/t9-,11+/m1/s1. The number of hydrogen-bond donors (Lipinski definition) is 2. The Morgan fingerprint density at radius 2 is 2.20 bits per heavy atom. The van der Waals surface area contributed by atoms with Crippen LogP contribution >= 0.6 is 0 Å². The van der Waals surface area contributed by atoms with Gasteiger partial charge < -0.3 is 4.98 Å². The van der Waals surface area contributed by atoms with Crippen LogP contribution < -0.4 is 4.72 Å². The molecule has 2 N–H and O–H groups in total. The minimum absolute atomic E-state index is 0.0872. The van der Waals surface area contributed by atoms with E-state index in [-0.39, 0.29) is 16.7 Å². The lowest BCUT2D eigenvalue weighted by atomic mass is 10.2. The molecule has 1 heterocycles. The van der Waals surface area contributed by atoms with Crippen molar-refractivity contribution in [3.05, 3.63) is 43.1 Å². The van der Waals surface area contributed by atoms with Gasteiger partial charge in [0.1, 0.15) is 4.90 Å². The van der Waals surface area contributed by atoms with Crippen molar-refractivity contribution in [2.75, 3.05) is 0 Å². The molecule has 1 aliphatic rings.